The van der Waals surface area contributed by atoms with Crippen molar-refractivity contribution in [3.05, 3.63) is 95.1 Å². The van der Waals surface area contributed by atoms with Crippen LogP contribution in [0.15, 0.2) is 77.7 Å². The number of alkyl halides is 3. The standard InChI is InChI=1S/C27H24Cl3NO6S/c28-27(29,30)26(35)31-20-9-5-19(6-10-20)25-36-21(15-38-22-11-7-18(8-12-22)24(33)34)13-23(37-25)17-3-1-16(14-32)2-4-17/h1-12,21,23,25,32H,13-15H2,(H,31,35)(H,33,34). The topological polar surface area (TPSA) is 105 Å². The van der Waals surface area contributed by atoms with E-state index in [1.165, 1.54) is 0 Å². The highest BCUT2D eigenvalue weighted by molar-refractivity contribution is 7.99. The Kier molecular flexibility index (Phi) is 9.59. The van der Waals surface area contributed by atoms with Crippen molar-refractivity contribution in [2.45, 2.75) is 40.2 Å². The highest BCUT2D eigenvalue weighted by atomic mass is 35.6. The highest BCUT2D eigenvalue weighted by Crippen LogP contribution is 2.40. The third-order valence-corrected chi connectivity index (χ3v) is 7.51. The number of carbonyl (C=O) groups excluding carboxylic acids is 1. The molecule has 0 radical (unpaired) electrons. The molecule has 4 rings (SSSR count). The van der Waals surface area contributed by atoms with Crippen molar-refractivity contribution in [2.24, 2.45) is 0 Å². The van der Waals surface area contributed by atoms with Gasteiger partial charge < -0.3 is 25.0 Å². The van der Waals surface area contributed by atoms with Crippen LogP contribution in [0, 0.1) is 0 Å². The monoisotopic (exact) mass is 595 g/mol. The predicted molar refractivity (Wildman–Crippen MR) is 148 cm³/mol. The molecule has 3 atom stereocenters. The molecule has 200 valence electrons. The number of amides is 1. The lowest BCUT2D eigenvalue weighted by Gasteiger charge is -2.36. The summed E-state index contributed by atoms with van der Waals surface area (Å²) in [7, 11) is 0. The second-order valence-corrected chi connectivity index (χ2v) is 11.9. The number of ether oxygens (including phenoxy) is 2. The number of carboxylic acids is 1. The number of thioether (sulfide) groups is 1. The number of benzene rings is 3. The summed E-state index contributed by atoms with van der Waals surface area (Å²) in [4.78, 5) is 24.0. The van der Waals surface area contributed by atoms with Crippen molar-refractivity contribution in [1.82, 2.24) is 0 Å². The van der Waals surface area contributed by atoms with Gasteiger partial charge in [0.05, 0.1) is 24.4 Å². The fourth-order valence-corrected chi connectivity index (χ4v) is 4.89. The van der Waals surface area contributed by atoms with E-state index in [0.29, 0.717) is 17.9 Å². The van der Waals surface area contributed by atoms with Crippen molar-refractivity contribution in [1.29, 1.82) is 0 Å². The molecule has 0 aliphatic carbocycles. The van der Waals surface area contributed by atoms with Crippen LogP contribution in [0.2, 0.25) is 0 Å². The van der Waals surface area contributed by atoms with Crippen LogP contribution in [0.3, 0.4) is 0 Å². The third kappa shape index (κ3) is 7.64. The molecule has 3 unspecified atom stereocenters. The molecule has 1 amide bonds. The molecule has 0 aromatic heterocycles. The van der Waals surface area contributed by atoms with Gasteiger partial charge in [-0.3, -0.25) is 4.79 Å². The fourth-order valence-electron chi connectivity index (χ4n) is 3.83. The molecule has 38 heavy (non-hydrogen) atoms. The van der Waals surface area contributed by atoms with E-state index >= 15 is 0 Å². The normalized spacial score (nSPS) is 19.6. The van der Waals surface area contributed by atoms with Gasteiger partial charge in [-0.1, -0.05) is 71.2 Å². The van der Waals surface area contributed by atoms with E-state index in [1.807, 2.05) is 24.3 Å². The number of nitrogens with one attached hydrogen (secondary N) is 1. The van der Waals surface area contributed by atoms with Crippen LogP contribution in [-0.4, -0.2) is 37.7 Å². The molecule has 1 aliphatic rings. The van der Waals surface area contributed by atoms with Crippen molar-refractivity contribution >= 4 is 64.1 Å². The molecule has 1 aliphatic heterocycles. The number of aliphatic hydroxyl groups is 1. The number of rotatable bonds is 8. The van der Waals surface area contributed by atoms with Crippen molar-refractivity contribution < 1.29 is 29.3 Å². The number of halogens is 3. The van der Waals surface area contributed by atoms with E-state index in [9.17, 15) is 14.7 Å². The van der Waals surface area contributed by atoms with Gasteiger partial charge in [0.15, 0.2) is 6.29 Å². The summed E-state index contributed by atoms with van der Waals surface area (Å²) in [5, 5.41) is 21.0. The van der Waals surface area contributed by atoms with Crippen LogP contribution in [0.1, 0.15) is 45.9 Å². The second kappa shape index (κ2) is 12.7. The van der Waals surface area contributed by atoms with E-state index < -0.39 is 22.0 Å². The molecule has 1 fully saturated rings. The van der Waals surface area contributed by atoms with E-state index in [4.69, 9.17) is 49.4 Å². The fraction of sp³-hybridized carbons (Fsp3) is 0.259. The largest absolute Gasteiger partial charge is 0.478 e. The van der Waals surface area contributed by atoms with Gasteiger partial charge in [0.2, 0.25) is 0 Å². The molecule has 11 heteroatoms. The van der Waals surface area contributed by atoms with E-state index in [2.05, 4.69) is 5.32 Å². The van der Waals surface area contributed by atoms with Gasteiger partial charge in [-0.05, 0) is 47.5 Å². The maximum atomic E-state index is 11.9. The molecule has 3 N–H and O–H groups in total. The molecule has 1 saturated heterocycles. The molecular formula is C27H24Cl3NO6S. The van der Waals surface area contributed by atoms with Crippen molar-refractivity contribution in [2.75, 3.05) is 11.1 Å². The van der Waals surface area contributed by atoms with Gasteiger partial charge in [0.25, 0.3) is 9.70 Å². The Hall–Kier alpha value is -2.30. The minimum Gasteiger partial charge on any atom is -0.478 e. The molecule has 0 saturated carbocycles. The summed E-state index contributed by atoms with van der Waals surface area (Å²) in [5.74, 6) is -1.11. The van der Waals surface area contributed by atoms with Gasteiger partial charge >= 0.3 is 5.97 Å². The van der Waals surface area contributed by atoms with Gasteiger partial charge in [-0.25, -0.2) is 4.79 Å². The Morgan fingerprint density at radius 2 is 1.55 bits per heavy atom. The van der Waals surface area contributed by atoms with Crippen LogP contribution in [0.25, 0.3) is 0 Å². The third-order valence-electron chi connectivity index (χ3n) is 5.85. The number of carboxylic acid groups (broad SMARTS) is 1. The number of carbonyl (C=O) groups is 2. The molecule has 3 aromatic carbocycles. The number of aliphatic hydroxyl groups excluding tert-OH is 1. The van der Waals surface area contributed by atoms with Crippen LogP contribution < -0.4 is 5.32 Å². The van der Waals surface area contributed by atoms with E-state index in [1.54, 1.807) is 60.3 Å². The highest BCUT2D eigenvalue weighted by Gasteiger charge is 2.33. The maximum absolute atomic E-state index is 11.9. The minimum absolute atomic E-state index is 0.0430. The maximum Gasteiger partial charge on any atom is 0.335 e. The van der Waals surface area contributed by atoms with Crippen LogP contribution >= 0.6 is 46.6 Å². The average Bonchev–Trinajstić information content (AvgIpc) is 2.92. The molecule has 0 spiro atoms. The van der Waals surface area contributed by atoms with E-state index in [-0.39, 0.29) is 24.4 Å². The average molecular weight is 597 g/mol. The van der Waals surface area contributed by atoms with Crippen molar-refractivity contribution in [3.63, 3.8) is 0 Å². The zero-order valence-electron chi connectivity index (χ0n) is 19.9. The Morgan fingerprint density at radius 3 is 2.13 bits per heavy atom. The van der Waals surface area contributed by atoms with Gasteiger partial charge in [0, 0.05) is 28.3 Å². The summed E-state index contributed by atoms with van der Waals surface area (Å²) in [6.07, 6.45) is -0.509. The van der Waals surface area contributed by atoms with Crippen LogP contribution in [0.5, 0.6) is 0 Å². The second-order valence-electron chi connectivity index (χ2n) is 8.56. The lowest BCUT2D eigenvalue weighted by atomic mass is 10.0. The minimum atomic E-state index is -2.08. The Morgan fingerprint density at radius 1 is 0.921 bits per heavy atom. The zero-order chi connectivity index (χ0) is 27.3. The van der Waals surface area contributed by atoms with Crippen LogP contribution in [-0.2, 0) is 20.9 Å². The Balaban J connectivity index is 1.50. The summed E-state index contributed by atoms with van der Waals surface area (Å²) in [6, 6.07) is 21.2. The first-order valence-electron chi connectivity index (χ1n) is 11.6. The SMILES string of the molecule is O=C(O)c1ccc(SCC2CC(c3ccc(CO)cc3)OC(c3ccc(NC(=O)C(Cl)(Cl)Cl)cc3)O2)cc1. The summed E-state index contributed by atoms with van der Waals surface area (Å²) < 4.78 is 10.5. The summed E-state index contributed by atoms with van der Waals surface area (Å²) >= 11 is 18.5. The first kappa shape index (κ1) is 28.7. The smallest absolute Gasteiger partial charge is 0.335 e. The zero-order valence-corrected chi connectivity index (χ0v) is 22.9. The molecule has 3 aromatic rings. The van der Waals surface area contributed by atoms with E-state index in [0.717, 1.165) is 21.6 Å². The van der Waals surface area contributed by atoms with Gasteiger partial charge in [-0.15, -0.1) is 11.8 Å². The Labute approximate surface area is 239 Å². The molecular weight excluding hydrogens is 573 g/mol. The quantitative estimate of drug-likeness (QED) is 0.201. The van der Waals surface area contributed by atoms with Gasteiger partial charge in [-0.2, -0.15) is 0 Å². The van der Waals surface area contributed by atoms with Crippen molar-refractivity contribution in [3.8, 4) is 0 Å². The summed E-state index contributed by atoms with van der Waals surface area (Å²) in [6.45, 7) is -0.0430. The molecule has 0 bridgehead atoms. The number of aromatic carboxylic acids is 1. The lowest BCUT2D eigenvalue weighted by Crippen LogP contribution is -2.31. The number of anilines is 1. The molecule has 7 nitrogen and oxygen atoms in total. The van der Waals surface area contributed by atoms with Crippen LogP contribution in [0.4, 0.5) is 5.69 Å². The Bertz CT molecular complexity index is 1250. The lowest BCUT2D eigenvalue weighted by molar-refractivity contribution is -0.245. The predicted octanol–water partition coefficient (Wildman–Crippen LogP) is 6.52. The van der Waals surface area contributed by atoms with Gasteiger partial charge in [0.1, 0.15) is 0 Å². The first-order valence-corrected chi connectivity index (χ1v) is 13.7. The summed E-state index contributed by atoms with van der Waals surface area (Å²) in [5.41, 5.74) is 3.20. The number of hydrogen-bond acceptors (Lipinski definition) is 6. The first-order chi connectivity index (χ1) is 18.1. The number of hydrogen-bond donors (Lipinski definition) is 3. The molecule has 1 heterocycles.